The second-order valence-corrected chi connectivity index (χ2v) is 9.09. The van der Waals surface area contributed by atoms with Crippen molar-refractivity contribution in [2.75, 3.05) is 25.5 Å². The third-order valence-corrected chi connectivity index (χ3v) is 6.76. The predicted molar refractivity (Wildman–Crippen MR) is 128 cm³/mol. The molecule has 7 heteroatoms. The fourth-order valence-corrected chi connectivity index (χ4v) is 4.53. The molecule has 3 N–H and O–H groups in total. The molecule has 2 heterocycles. The first kappa shape index (κ1) is 22.0. The minimum atomic E-state index is -0.335. The van der Waals surface area contributed by atoms with Crippen molar-refractivity contribution in [2.45, 2.75) is 25.9 Å². The number of amides is 1. The Morgan fingerprint density at radius 3 is 2.66 bits per heavy atom. The number of hydrogen-bond acceptors (Lipinski definition) is 6. The molecule has 2 aromatic carbocycles. The molecule has 0 spiro atoms. The number of ether oxygens (including phenoxy) is 1. The predicted octanol–water partition coefficient (Wildman–Crippen LogP) is 4.38. The molecule has 1 saturated heterocycles. The number of hydrogen-bond donors (Lipinski definition) is 3. The number of nitrogens with one attached hydrogen (secondary N) is 3. The lowest BCUT2D eigenvalue weighted by Crippen LogP contribution is -2.51. The van der Waals surface area contributed by atoms with Gasteiger partial charge in [0.05, 0.1) is 19.2 Å². The van der Waals surface area contributed by atoms with Crippen LogP contribution in [0.25, 0.3) is 10.4 Å². The molecule has 0 bridgehead atoms. The average molecular weight is 450 g/mol. The molecule has 1 aliphatic heterocycles. The normalized spacial score (nSPS) is 14.3. The SMILES string of the molecule is COC(=O)c1ccc(-c2cccc([C@@H](C)NC(=O)c3cc(NC4CNC4)ccc3C)c2)s1. The molecule has 0 aliphatic carbocycles. The highest BCUT2D eigenvalue weighted by Gasteiger charge is 2.19. The number of benzene rings is 2. The Kier molecular flexibility index (Phi) is 6.58. The molecule has 0 radical (unpaired) electrons. The highest BCUT2D eigenvalue weighted by Crippen LogP contribution is 2.30. The molecule has 1 amide bonds. The van der Waals surface area contributed by atoms with Crippen molar-refractivity contribution in [1.29, 1.82) is 0 Å². The van der Waals surface area contributed by atoms with Crippen LogP contribution in [-0.4, -0.2) is 38.1 Å². The van der Waals surface area contributed by atoms with Gasteiger partial charge in [0, 0.05) is 29.2 Å². The monoisotopic (exact) mass is 449 g/mol. The van der Waals surface area contributed by atoms with Crippen LogP contribution < -0.4 is 16.0 Å². The van der Waals surface area contributed by atoms with Crippen molar-refractivity contribution < 1.29 is 14.3 Å². The highest BCUT2D eigenvalue weighted by molar-refractivity contribution is 7.17. The van der Waals surface area contributed by atoms with Gasteiger partial charge in [0.1, 0.15) is 4.88 Å². The maximum absolute atomic E-state index is 13.0. The van der Waals surface area contributed by atoms with Crippen LogP contribution in [0.15, 0.2) is 54.6 Å². The van der Waals surface area contributed by atoms with E-state index in [1.807, 2.05) is 62.4 Å². The topological polar surface area (TPSA) is 79.5 Å². The van der Waals surface area contributed by atoms with Gasteiger partial charge >= 0.3 is 5.97 Å². The summed E-state index contributed by atoms with van der Waals surface area (Å²) in [5, 5.41) is 9.81. The molecule has 6 nitrogen and oxygen atoms in total. The van der Waals surface area contributed by atoms with Gasteiger partial charge < -0.3 is 20.7 Å². The van der Waals surface area contributed by atoms with Crippen LogP contribution in [0.1, 0.15) is 44.1 Å². The van der Waals surface area contributed by atoms with E-state index in [9.17, 15) is 9.59 Å². The van der Waals surface area contributed by atoms with Crippen LogP contribution in [0, 0.1) is 6.92 Å². The number of carbonyl (C=O) groups excluding carboxylic acids is 2. The summed E-state index contributed by atoms with van der Waals surface area (Å²) in [4.78, 5) is 26.3. The molecular weight excluding hydrogens is 422 g/mol. The summed E-state index contributed by atoms with van der Waals surface area (Å²) in [5.41, 5.74) is 4.57. The Bertz CT molecular complexity index is 1140. The summed E-state index contributed by atoms with van der Waals surface area (Å²) < 4.78 is 4.80. The zero-order chi connectivity index (χ0) is 22.7. The smallest absolute Gasteiger partial charge is 0.348 e. The second kappa shape index (κ2) is 9.54. The van der Waals surface area contributed by atoms with Crippen molar-refractivity contribution >= 4 is 28.9 Å². The Morgan fingerprint density at radius 1 is 1.12 bits per heavy atom. The number of rotatable bonds is 7. The first-order valence-electron chi connectivity index (χ1n) is 10.6. The number of aryl methyl sites for hydroxylation is 1. The second-order valence-electron chi connectivity index (χ2n) is 8.01. The molecule has 1 aliphatic rings. The molecule has 1 atom stereocenters. The van der Waals surface area contributed by atoms with Gasteiger partial charge in [-0.2, -0.15) is 0 Å². The van der Waals surface area contributed by atoms with E-state index in [4.69, 9.17) is 4.74 Å². The molecule has 1 fully saturated rings. The summed E-state index contributed by atoms with van der Waals surface area (Å²) in [7, 11) is 1.38. The lowest BCUT2D eigenvalue weighted by molar-refractivity contribution is 0.0606. The standard InChI is InChI=1S/C25H27N3O3S/c1-15-7-8-19(28-20-13-26-14-20)12-21(15)24(29)27-16(2)17-5-4-6-18(11-17)22-9-10-23(32-22)25(30)31-3/h4-12,16,20,26,28H,13-14H2,1-3H3,(H,27,29)/t16-/m1/s1. The van der Waals surface area contributed by atoms with Gasteiger partial charge in [-0.25, -0.2) is 4.79 Å². The number of thiophene rings is 1. The average Bonchev–Trinajstić information content (AvgIpc) is 3.27. The maximum Gasteiger partial charge on any atom is 0.348 e. The van der Waals surface area contributed by atoms with Gasteiger partial charge in [-0.15, -0.1) is 11.3 Å². The van der Waals surface area contributed by atoms with Crippen LogP contribution in [-0.2, 0) is 4.74 Å². The minimum Gasteiger partial charge on any atom is -0.465 e. The Balaban J connectivity index is 1.48. The van der Waals surface area contributed by atoms with Crippen LogP contribution in [0.5, 0.6) is 0 Å². The van der Waals surface area contributed by atoms with Crippen LogP contribution in [0.2, 0.25) is 0 Å². The van der Waals surface area contributed by atoms with Crippen LogP contribution in [0.4, 0.5) is 5.69 Å². The quantitative estimate of drug-likeness (QED) is 0.467. The number of anilines is 1. The third-order valence-electron chi connectivity index (χ3n) is 5.65. The first-order chi connectivity index (χ1) is 15.4. The van der Waals surface area contributed by atoms with Gasteiger partial charge in [0.2, 0.25) is 0 Å². The molecular formula is C25H27N3O3S. The summed E-state index contributed by atoms with van der Waals surface area (Å²) in [5.74, 6) is -0.432. The van der Waals surface area contributed by atoms with Crippen molar-refractivity contribution in [3.63, 3.8) is 0 Å². The van der Waals surface area contributed by atoms with E-state index in [0.29, 0.717) is 16.5 Å². The van der Waals surface area contributed by atoms with E-state index >= 15 is 0 Å². The zero-order valence-corrected chi connectivity index (χ0v) is 19.2. The van der Waals surface area contributed by atoms with Gasteiger partial charge in [-0.3, -0.25) is 4.79 Å². The Labute approximate surface area is 192 Å². The molecule has 0 unspecified atom stereocenters. The van der Waals surface area contributed by atoms with Crippen LogP contribution in [0.3, 0.4) is 0 Å². The fourth-order valence-electron chi connectivity index (χ4n) is 3.61. The highest BCUT2D eigenvalue weighted by atomic mass is 32.1. The first-order valence-corrected chi connectivity index (χ1v) is 11.4. The molecule has 166 valence electrons. The molecule has 1 aromatic heterocycles. The summed E-state index contributed by atoms with van der Waals surface area (Å²) in [6.45, 7) is 5.80. The van der Waals surface area contributed by atoms with E-state index in [1.54, 1.807) is 6.07 Å². The lowest BCUT2D eigenvalue weighted by Gasteiger charge is -2.29. The van der Waals surface area contributed by atoms with E-state index in [0.717, 1.165) is 40.3 Å². The van der Waals surface area contributed by atoms with E-state index in [1.165, 1.54) is 18.4 Å². The number of esters is 1. The van der Waals surface area contributed by atoms with Crippen molar-refractivity contribution in [3.8, 4) is 10.4 Å². The molecule has 4 rings (SSSR count). The summed E-state index contributed by atoms with van der Waals surface area (Å²) >= 11 is 1.39. The van der Waals surface area contributed by atoms with Crippen molar-refractivity contribution in [3.05, 3.63) is 76.2 Å². The third kappa shape index (κ3) is 4.84. The van der Waals surface area contributed by atoms with Gasteiger partial charge in [-0.05, 0) is 60.9 Å². The molecule has 3 aromatic rings. The maximum atomic E-state index is 13.0. The fraction of sp³-hybridized carbons (Fsp3) is 0.280. The van der Waals surface area contributed by atoms with Crippen molar-refractivity contribution in [2.24, 2.45) is 0 Å². The summed E-state index contributed by atoms with van der Waals surface area (Å²) in [6, 6.07) is 17.8. The van der Waals surface area contributed by atoms with Crippen LogP contribution >= 0.6 is 11.3 Å². The Morgan fingerprint density at radius 2 is 1.94 bits per heavy atom. The lowest BCUT2D eigenvalue weighted by atomic mass is 10.0. The van der Waals surface area contributed by atoms with E-state index in [2.05, 4.69) is 16.0 Å². The van der Waals surface area contributed by atoms with Crippen molar-refractivity contribution in [1.82, 2.24) is 10.6 Å². The number of methoxy groups -OCH3 is 1. The summed E-state index contributed by atoms with van der Waals surface area (Å²) in [6.07, 6.45) is 0. The largest absolute Gasteiger partial charge is 0.465 e. The minimum absolute atomic E-state index is 0.0973. The van der Waals surface area contributed by atoms with Gasteiger partial charge in [0.25, 0.3) is 5.91 Å². The number of carbonyl (C=O) groups is 2. The Hall–Kier alpha value is -3.16. The van der Waals surface area contributed by atoms with Gasteiger partial charge in [0.15, 0.2) is 0 Å². The zero-order valence-electron chi connectivity index (χ0n) is 18.4. The van der Waals surface area contributed by atoms with E-state index in [-0.39, 0.29) is 17.9 Å². The van der Waals surface area contributed by atoms with E-state index < -0.39 is 0 Å². The molecule has 0 saturated carbocycles. The van der Waals surface area contributed by atoms with Gasteiger partial charge in [-0.1, -0.05) is 24.3 Å². The molecule has 32 heavy (non-hydrogen) atoms.